The van der Waals surface area contributed by atoms with Gasteiger partial charge in [-0.2, -0.15) is 0 Å². The van der Waals surface area contributed by atoms with Crippen molar-refractivity contribution in [1.29, 1.82) is 0 Å². The first-order valence-electron chi connectivity index (χ1n) is 7.52. The minimum Gasteiger partial charge on any atom is -0.367 e. The van der Waals surface area contributed by atoms with E-state index in [2.05, 4.69) is 24.1 Å². The average molecular weight is 261 g/mol. The van der Waals surface area contributed by atoms with Gasteiger partial charge in [0.2, 0.25) is 0 Å². The molecule has 1 saturated heterocycles. The van der Waals surface area contributed by atoms with Crippen molar-refractivity contribution in [3.05, 3.63) is 23.3 Å². The van der Waals surface area contributed by atoms with Crippen LogP contribution >= 0.6 is 0 Å². The summed E-state index contributed by atoms with van der Waals surface area (Å²) in [5.41, 5.74) is 2.52. The summed E-state index contributed by atoms with van der Waals surface area (Å²) in [5.74, 6) is 0.889. The summed E-state index contributed by atoms with van der Waals surface area (Å²) >= 11 is 0. The number of nitrogens with one attached hydrogen (secondary N) is 1. The molecular formula is C15H23N3O. The highest BCUT2D eigenvalue weighted by Crippen LogP contribution is 2.33. The molecule has 0 bridgehead atoms. The van der Waals surface area contributed by atoms with Crippen molar-refractivity contribution < 1.29 is 4.74 Å². The van der Waals surface area contributed by atoms with E-state index in [4.69, 9.17) is 9.72 Å². The summed E-state index contributed by atoms with van der Waals surface area (Å²) in [5, 5.41) is 3.53. The zero-order chi connectivity index (χ0) is 13.2. The van der Waals surface area contributed by atoms with Gasteiger partial charge in [-0.25, -0.2) is 9.97 Å². The minimum absolute atomic E-state index is 0.111. The summed E-state index contributed by atoms with van der Waals surface area (Å²) in [6.07, 6.45) is 8.13. The van der Waals surface area contributed by atoms with E-state index in [0.29, 0.717) is 12.1 Å². The van der Waals surface area contributed by atoms with Crippen LogP contribution in [-0.4, -0.2) is 22.6 Å². The number of aryl methyl sites for hydroxylation is 1. The molecule has 1 N–H and O–H groups in total. The molecule has 0 radical (unpaired) electrons. The van der Waals surface area contributed by atoms with Crippen molar-refractivity contribution in [3.63, 3.8) is 0 Å². The van der Waals surface area contributed by atoms with E-state index in [1.165, 1.54) is 24.1 Å². The predicted molar refractivity (Wildman–Crippen MR) is 73.9 cm³/mol. The molecule has 3 rings (SSSR count). The zero-order valence-electron chi connectivity index (χ0n) is 11.9. The van der Waals surface area contributed by atoms with Crippen LogP contribution in [0, 0.1) is 0 Å². The third-order valence-electron chi connectivity index (χ3n) is 4.17. The fourth-order valence-electron chi connectivity index (χ4n) is 3.17. The van der Waals surface area contributed by atoms with Gasteiger partial charge in [0.25, 0.3) is 0 Å². The van der Waals surface area contributed by atoms with E-state index in [9.17, 15) is 0 Å². The Morgan fingerprint density at radius 2 is 2.26 bits per heavy atom. The molecule has 19 heavy (non-hydrogen) atoms. The molecule has 0 spiro atoms. The van der Waals surface area contributed by atoms with Gasteiger partial charge in [0, 0.05) is 23.5 Å². The van der Waals surface area contributed by atoms with Gasteiger partial charge in [-0.1, -0.05) is 6.92 Å². The highest BCUT2D eigenvalue weighted by atomic mass is 16.5. The molecule has 3 unspecified atom stereocenters. The topological polar surface area (TPSA) is 47.0 Å². The summed E-state index contributed by atoms with van der Waals surface area (Å²) < 4.78 is 5.87. The quantitative estimate of drug-likeness (QED) is 0.908. The van der Waals surface area contributed by atoms with E-state index >= 15 is 0 Å². The number of hydrogen-bond acceptors (Lipinski definition) is 4. The van der Waals surface area contributed by atoms with Crippen molar-refractivity contribution in [3.8, 4) is 0 Å². The maximum Gasteiger partial charge on any atom is 0.157 e. The lowest BCUT2D eigenvalue weighted by atomic mass is 9.92. The van der Waals surface area contributed by atoms with Crippen LogP contribution < -0.4 is 5.32 Å². The molecule has 2 aliphatic rings. The molecule has 0 amide bonds. The van der Waals surface area contributed by atoms with E-state index in [-0.39, 0.29) is 6.10 Å². The van der Waals surface area contributed by atoms with E-state index in [1.54, 1.807) is 0 Å². The minimum atomic E-state index is 0.111. The molecule has 1 fully saturated rings. The normalized spacial score (nSPS) is 30.3. The first-order chi connectivity index (χ1) is 9.28. The Labute approximate surface area is 115 Å². The third-order valence-corrected chi connectivity index (χ3v) is 4.17. The van der Waals surface area contributed by atoms with Crippen LogP contribution in [0.5, 0.6) is 0 Å². The van der Waals surface area contributed by atoms with Crippen LogP contribution in [-0.2, 0) is 11.2 Å². The van der Waals surface area contributed by atoms with E-state index in [1.807, 2.05) is 6.20 Å². The molecular weight excluding hydrogens is 238 g/mol. The van der Waals surface area contributed by atoms with Crippen LogP contribution in [0.15, 0.2) is 6.20 Å². The number of ether oxygens (including phenoxy) is 1. The van der Waals surface area contributed by atoms with Crippen LogP contribution in [0.25, 0.3) is 0 Å². The number of hydrogen-bond donors (Lipinski definition) is 1. The number of fused-ring (bicyclic) bond motifs is 1. The average Bonchev–Trinajstić information content (AvgIpc) is 2.86. The molecule has 3 atom stereocenters. The highest BCUT2D eigenvalue weighted by Gasteiger charge is 2.28. The van der Waals surface area contributed by atoms with Gasteiger partial charge in [0.15, 0.2) is 5.82 Å². The molecule has 0 saturated carbocycles. The third kappa shape index (κ3) is 2.65. The maximum absolute atomic E-state index is 5.87. The predicted octanol–water partition coefficient (Wildman–Crippen LogP) is 2.70. The summed E-state index contributed by atoms with van der Waals surface area (Å²) in [4.78, 5) is 9.35. The monoisotopic (exact) mass is 261 g/mol. The molecule has 0 aromatic carbocycles. The molecule has 1 aliphatic carbocycles. The fraction of sp³-hybridized carbons (Fsp3) is 0.733. The number of rotatable bonds is 3. The van der Waals surface area contributed by atoms with Crippen LogP contribution in [0.2, 0.25) is 0 Å². The fourth-order valence-corrected chi connectivity index (χ4v) is 3.17. The largest absolute Gasteiger partial charge is 0.367 e. The molecule has 4 heteroatoms. The van der Waals surface area contributed by atoms with Crippen LogP contribution in [0.3, 0.4) is 0 Å². The smallest absolute Gasteiger partial charge is 0.157 e. The molecule has 1 aliphatic heterocycles. The van der Waals surface area contributed by atoms with Crippen LogP contribution in [0.1, 0.15) is 68.8 Å². The standard InChI is InChI=1S/C15H23N3O/c1-3-16-12-5-4-6-13-11(12)9-17-15(18-13)14-8-7-10(2)19-14/h9-10,12,14,16H,3-8H2,1-2H3. The maximum atomic E-state index is 5.87. The second kappa shape index (κ2) is 5.55. The lowest BCUT2D eigenvalue weighted by Gasteiger charge is -2.25. The number of aromatic nitrogens is 2. The van der Waals surface area contributed by atoms with Crippen LogP contribution in [0.4, 0.5) is 0 Å². The van der Waals surface area contributed by atoms with Gasteiger partial charge in [-0.3, -0.25) is 0 Å². The Balaban J connectivity index is 1.83. The second-order valence-electron chi connectivity index (χ2n) is 5.65. The van der Waals surface area contributed by atoms with Gasteiger partial charge in [0.05, 0.1) is 6.10 Å². The Morgan fingerprint density at radius 3 is 3.00 bits per heavy atom. The Bertz CT molecular complexity index is 449. The van der Waals surface area contributed by atoms with Gasteiger partial charge >= 0.3 is 0 Å². The summed E-state index contributed by atoms with van der Waals surface area (Å²) in [6.45, 7) is 5.27. The van der Waals surface area contributed by atoms with Gasteiger partial charge in [-0.15, -0.1) is 0 Å². The lowest BCUT2D eigenvalue weighted by molar-refractivity contribution is 0.0500. The van der Waals surface area contributed by atoms with Gasteiger partial charge in [-0.05, 0) is 45.6 Å². The van der Waals surface area contributed by atoms with Crippen molar-refractivity contribution in [2.45, 2.75) is 64.2 Å². The zero-order valence-corrected chi connectivity index (χ0v) is 11.9. The first kappa shape index (κ1) is 13.0. The number of nitrogens with zero attached hydrogens (tertiary/aromatic N) is 2. The highest BCUT2D eigenvalue weighted by molar-refractivity contribution is 5.25. The molecule has 1 aromatic rings. The molecule has 104 valence electrons. The Hall–Kier alpha value is -1.00. The summed E-state index contributed by atoms with van der Waals surface area (Å²) in [7, 11) is 0. The SMILES string of the molecule is CCNC1CCCc2nc(C3CCC(C)O3)ncc21. The Kier molecular flexibility index (Phi) is 3.80. The first-order valence-corrected chi connectivity index (χ1v) is 7.52. The van der Waals surface area contributed by atoms with Crippen molar-refractivity contribution in [1.82, 2.24) is 15.3 Å². The van der Waals surface area contributed by atoms with E-state index in [0.717, 1.165) is 31.6 Å². The summed E-state index contributed by atoms with van der Waals surface area (Å²) in [6, 6.07) is 0.436. The van der Waals surface area contributed by atoms with Gasteiger partial charge < -0.3 is 10.1 Å². The second-order valence-corrected chi connectivity index (χ2v) is 5.65. The molecule has 1 aromatic heterocycles. The van der Waals surface area contributed by atoms with Crippen molar-refractivity contribution >= 4 is 0 Å². The van der Waals surface area contributed by atoms with Gasteiger partial charge in [0.1, 0.15) is 6.10 Å². The molecule has 4 nitrogen and oxygen atoms in total. The molecule has 2 heterocycles. The van der Waals surface area contributed by atoms with Crippen molar-refractivity contribution in [2.24, 2.45) is 0 Å². The lowest BCUT2D eigenvalue weighted by Crippen LogP contribution is -2.26. The van der Waals surface area contributed by atoms with E-state index < -0.39 is 0 Å². The van der Waals surface area contributed by atoms with Crippen molar-refractivity contribution in [2.75, 3.05) is 6.54 Å². The Morgan fingerprint density at radius 1 is 1.37 bits per heavy atom.